The summed E-state index contributed by atoms with van der Waals surface area (Å²) >= 11 is 0. The van der Waals surface area contributed by atoms with Gasteiger partial charge in [-0.25, -0.2) is 0 Å². The highest BCUT2D eigenvalue weighted by atomic mass is 14.2. The van der Waals surface area contributed by atoms with Crippen molar-refractivity contribution in [1.29, 1.82) is 0 Å². The molecule has 0 rings (SSSR count). The molecule has 0 aromatic rings. The molecule has 0 saturated heterocycles. The first-order chi connectivity index (χ1) is 4.09. The molecule has 0 aromatic heterocycles. The van der Waals surface area contributed by atoms with E-state index in [1.165, 1.54) is 6.42 Å². The van der Waals surface area contributed by atoms with Crippen molar-refractivity contribution in [3.05, 3.63) is 0 Å². The van der Waals surface area contributed by atoms with Gasteiger partial charge in [0.15, 0.2) is 0 Å². The molecule has 0 bridgehead atoms. The molecule has 0 saturated carbocycles. The third-order valence-corrected chi connectivity index (χ3v) is 2.18. The molecule has 0 aliphatic carbocycles. The van der Waals surface area contributed by atoms with Crippen LogP contribution in [-0.4, -0.2) is 0 Å². The van der Waals surface area contributed by atoms with E-state index in [9.17, 15) is 0 Å². The zero-order valence-corrected chi connectivity index (χ0v) is 7.44. The topological polar surface area (TPSA) is 0 Å². The van der Waals surface area contributed by atoms with Crippen LogP contribution in [0.2, 0.25) is 0 Å². The molecule has 0 fully saturated rings. The quantitative estimate of drug-likeness (QED) is 0.562. The first kappa shape index (κ1) is 12.7. The maximum atomic E-state index is 2.31. The number of hydrogen-bond donors (Lipinski definition) is 0. The van der Waals surface area contributed by atoms with E-state index in [0.717, 1.165) is 17.8 Å². The third kappa shape index (κ3) is 3.92. The molecular formula is C10H24. The third-order valence-electron chi connectivity index (χ3n) is 2.18. The van der Waals surface area contributed by atoms with Crippen molar-refractivity contribution in [1.82, 2.24) is 0 Å². The standard InChI is InChI=1S/C9H20.CH4/c1-6-9(7(2)3)8(4)5;/h7-9H,6H2,1-5H3;1H4. The molecule has 0 aromatic carbocycles. The van der Waals surface area contributed by atoms with Gasteiger partial charge in [0.2, 0.25) is 0 Å². The van der Waals surface area contributed by atoms with Crippen LogP contribution >= 0.6 is 0 Å². The van der Waals surface area contributed by atoms with Gasteiger partial charge in [0.25, 0.3) is 0 Å². The summed E-state index contributed by atoms with van der Waals surface area (Å²) in [5.74, 6) is 2.63. The van der Waals surface area contributed by atoms with E-state index in [-0.39, 0.29) is 7.43 Å². The Morgan fingerprint density at radius 1 is 0.900 bits per heavy atom. The van der Waals surface area contributed by atoms with Gasteiger partial charge in [-0.05, 0) is 17.8 Å². The fourth-order valence-corrected chi connectivity index (χ4v) is 1.71. The minimum absolute atomic E-state index is 0. The maximum absolute atomic E-state index is 2.31. The highest BCUT2D eigenvalue weighted by Gasteiger charge is 2.13. The molecule has 0 heteroatoms. The normalized spacial score (nSPS) is 10.8. The Balaban J connectivity index is 0. The minimum Gasteiger partial charge on any atom is -0.0776 e. The molecule has 0 radical (unpaired) electrons. The Bertz CT molecular complexity index is 54.4. The van der Waals surface area contributed by atoms with Gasteiger partial charge in [-0.1, -0.05) is 48.5 Å². The smallest absolute Gasteiger partial charge is 0.0371 e. The monoisotopic (exact) mass is 144 g/mol. The Labute approximate surface area is 67.0 Å². The van der Waals surface area contributed by atoms with Gasteiger partial charge >= 0.3 is 0 Å². The zero-order valence-electron chi connectivity index (χ0n) is 7.44. The first-order valence-corrected chi connectivity index (χ1v) is 4.09. The lowest BCUT2D eigenvalue weighted by molar-refractivity contribution is 0.279. The van der Waals surface area contributed by atoms with E-state index in [1.54, 1.807) is 0 Å². The lowest BCUT2D eigenvalue weighted by Gasteiger charge is -2.22. The SMILES string of the molecule is C.CCC(C(C)C)C(C)C. The second-order valence-electron chi connectivity index (χ2n) is 3.56. The zero-order chi connectivity index (χ0) is 7.44. The number of rotatable bonds is 3. The first-order valence-electron chi connectivity index (χ1n) is 4.09. The fraction of sp³-hybridized carbons (Fsp3) is 1.00. The summed E-state index contributed by atoms with van der Waals surface area (Å²) < 4.78 is 0. The van der Waals surface area contributed by atoms with Crippen molar-refractivity contribution in [3.63, 3.8) is 0 Å². The maximum Gasteiger partial charge on any atom is -0.0371 e. The second-order valence-corrected chi connectivity index (χ2v) is 3.56. The van der Waals surface area contributed by atoms with Gasteiger partial charge in [-0.2, -0.15) is 0 Å². The Morgan fingerprint density at radius 2 is 1.20 bits per heavy atom. The van der Waals surface area contributed by atoms with Crippen molar-refractivity contribution in [2.24, 2.45) is 17.8 Å². The second kappa shape index (κ2) is 5.76. The van der Waals surface area contributed by atoms with E-state index in [2.05, 4.69) is 34.6 Å². The Kier molecular flexibility index (Phi) is 7.29. The summed E-state index contributed by atoms with van der Waals surface area (Å²) in [4.78, 5) is 0. The predicted octanol–water partition coefficient (Wildman–Crippen LogP) is 3.96. The fourth-order valence-electron chi connectivity index (χ4n) is 1.71. The van der Waals surface area contributed by atoms with Crippen LogP contribution in [0.1, 0.15) is 48.5 Å². The lowest BCUT2D eigenvalue weighted by Crippen LogP contribution is -2.13. The Hall–Kier alpha value is 0. The van der Waals surface area contributed by atoms with Crippen LogP contribution in [0.15, 0.2) is 0 Å². The summed E-state index contributed by atoms with van der Waals surface area (Å²) in [7, 11) is 0. The molecule has 0 heterocycles. The summed E-state index contributed by atoms with van der Waals surface area (Å²) in [6, 6.07) is 0. The van der Waals surface area contributed by atoms with Crippen LogP contribution in [-0.2, 0) is 0 Å². The van der Waals surface area contributed by atoms with Gasteiger partial charge in [-0.3, -0.25) is 0 Å². The molecule has 64 valence electrons. The summed E-state index contributed by atoms with van der Waals surface area (Å²) in [5, 5.41) is 0. The van der Waals surface area contributed by atoms with Crippen LogP contribution in [0.25, 0.3) is 0 Å². The average molecular weight is 144 g/mol. The largest absolute Gasteiger partial charge is 0.0776 e. The summed E-state index contributed by atoms with van der Waals surface area (Å²) in [5.41, 5.74) is 0. The molecule has 0 aliphatic heterocycles. The molecule has 0 N–H and O–H groups in total. The highest BCUT2D eigenvalue weighted by Crippen LogP contribution is 2.22. The van der Waals surface area contributed by atoms with Crippen LogP contribution in [0.5, 0.6) is 0 Å². The van der Waals surface area contributed by atoms with Crippen molar-refractivity contribution in [2.75, 3.05) is 0 Å². The van der Waals surface area contributed by atoms with Crippen LogP contribution < -0.4 is 0 Å². The van der Waals surface area contributed by atoms with E-state index in [1.807, 2.05) is 0 Å². The predicted molar refractivity (Wildman–Crippen MR) is 50.2 cm³/mol. The van der Waals surface area contributed by atoms with Crippen molar-refractivity contribution in [2.45, 2.75) is 48.5 Å². The number of hydrogen-bond acceptors (Lipinski definition) is 0. The molecular weight excluding hydrogens is 120 g/mol. The van der Waals surface area contributed by atoms with E-state index in [0.29, 0.717) is 0 Å². The molecule has 0 aliphatic rings. The molecule has 0 unspecified atom stereocenters. The molecule has 0 spiro atoms. The van der Waals surface area contributed by atoms with Gasteiger partial charge in [0, 0.05) is 0 Å². The van der Waals surface area contributed by atoms with Crippen molar-refractivity contribution >= 4 is 0 Å². The highest BCUT2D eigenvalue weighted by molar-refractivity contribution is 4.63. The molecule has 0 atom stereocenters. The minimum atomic E-state index is 0. The molecule has 0 nitrogen and oxygen atoms in total. The van der Waals surface area contributed by atoms with Crippen LogP contribution in [0.3, 0.4) is 0 Å². The van der Waals surface area contributed by atoms with Crippen molar-refractivity contribution < 1.29 is 0 Å². The summed E-state index contributed by atoms with van der Waals surface area (Å²) in [6.07, 6.45) is 1.33. The average Bonchev–Trinajstić information content (AvgIpc) is 1.64. The summed E-state index contributed by atoms with van der Waals surface area (Å²) in [6.45, 7) is 11.5. The van der Waals surface area contributed by atoms with Crippen LogP contribution in [0.4, 0.5) is 0 Å². The Morgan fingerprint density at radius 3 is 1.20 bits per heavy atom. The van der Waals surface area contributed by atoms with E-state index < -0.39 is 0 Å². The van der Waals surface area contributed by atoms with Gasteiger partial charge < -0.3 is 0 Å². The van der Waals surface area contributed by atoms with Gasteiger partial charge in [-0.15, -0.1) is 0 Å². The van der Waals surface area contributed by atoms with Gasteiger partial charge in [0.1, 0.15) is 0 Å². The van der Waals surface area contributed by atoms with Crippen molar-refractivity contribution in [3.8, 4) is 0 Å². The molecule has 10 heavy (non-hydrogen) atoms. The van der Waals surface area contributed by atoms with Crippen LogP contribution in [0, 0.1) is 17.8 Å². The molecule has 0 amide bonds. The van der Waals surface area contributed by atoms with E-state index in [4.69, 9.17) is 0 Å². The lowest BCUT2D eigenvalue weighted by atomic mass is 9.84. The van der Waals surface area contributed by atoms with Gasteiger partial charge in [0.05, 0.1) is 0 Å². The van der Waals surface area contributed by atoms with E-state index >= 15 is 0 Å².